The van der Waals surface area contributed by atoms with Gasteiger partial charge in [0.15, 0.2) is 0 Å². The molecule has 20 heavy (non-hydrogen) atoms. The highest BCUT2D eigenvalue weighted by Crippen LogP contribution is 2.38. The molecule has 0 unspecified atom stereocenters. The van der Waals surface area contributed by atoms with Crippen LogP contribution in [0, 0.1) is 5.92 Å². The van der Waals surface area contributed by atoms with Gasteiger partial charge in [-0.2, -0.15) is 11.3 Å². The molecule has 0 bridgehead atoms. The van der Waals surface area contributed by atoms with Gasteiger partial charge in [-0.1, -0.05) is 0 Å². The van der Waals surface area contributed by atoms with Crippen LogP contribution in [0.1, 0.15) is 17.7 Å². The molecule has 1 saturated heterocycles. The number of anilines is 1. The fraction of sp³-hybridized carbons (Fsp3) is 0.467. The third-order valence-electron chi connectivity index (χ3n) is 4.02. The van der Waals surface area contributed by atoms with Crippen molar-refractivity contribution in [1.29, 1.82) is 0 Å². The molecule has 2 aromatic heterocycles. The third-order valence-corrected chi connectivity index (χ3v) is 5.96. The van der Waals surface area contributed by atoms with Crippen LogP contribution < -0.4 is 4.90 Å². The second-order valence-corrected chi connectivity index (χ2v) is 7.42. The Balaban J connectivity index is 1.45. The van der Waals surface area contributed by atoms with Crippen molar-refractivity contribution in [2.45, 2.75) is 24.2 Å². The molecule has 0 N–H and O–H groups in total. The van der Waals surface area contributed by atoms with Crippen LogP contribution in [0.25, 0.3) is 0 Å². The van der Waals surface area contributed by atoms with Gasteiger partial charge < -0.3 is 4.90 Å². The molecule has 2 aromatic rings. The van der Waals surface area contributed by atoms with E-state index >= 15 is 0 Å². The van der Waals surface area contributed by atoms with Crippen LogP contribution in [-0.4, -0.2) is 28.8 Å². The number of hydrogen-bond acceptors (Lipinski definition) is 5. The molecule has 5 heteroatoms. The molecule has 2 aliphatic heterocycles. The maximum absolute atomic E-state index is 4.54. The van der Waals surface area contributed by atoms with Crippen LogP contribution in [0.2, 0.25) is 0 Å². The van der Waals surface area contributed by atoms with Crippen LogP contribution in [0.15, 0.2) is 28.0 Å². The van der Waals surface area contributed by atoms with Gasteiger partial charge in [-0.15, -0.1) is 11.8 Å². The first-order valence-electron chi connectivity index (χ1n) is 7.13. The van der Waals surface area contributed by atoms with Gasteiger partial charge in [0.2, 0.25) is 0 Å². The Kier molecular flexibility index (Phi) is 3.40. The van der Waals surface area contributed by atoms with Crippen molar-refractivity contribution in [1.82, 2.24) is 9.97 Å². The Bertz CT molecular complexity index is 591. The summed E-state index contributed by atoms with van der Waals surface area (Å²) >= 11 is 3.73. The summed E-state index contributed by atoms with van der Waals surface area (Å²) in [4.78, 5) is 12.8. The van der Waals surface area contributed by atoms with E-state index in [4.69, 9.17) is 0 Å². The molecule has 0 atom stereocenters. The zero-order chi connectivity index (χ0) is 13.4. The predicted molar refractivity (Wildman–Crippen MR) is 84.8 cm³/mol. The Morgan fingerprint density at radius 3 is 3.10 bits per heavy atom. The number of rotatable bonds is 3. The molecule has 0 radical (unpaired) electrons. The molecule has 0 saturated carbocycles. The van der Waals surface area contributed by atoms with E-state index in [9.17, 15) is 0 Å². The van der Waals surface area contributed by atoms with Gasteiger partial charge in [-0.25, -0.2) is 9.97 Å². The molecular weight excluding hydrogens is 286 g/mol. The maximum atomic E-state index is 4.54. The van der Waals surface area contributed by atoms with E-state index < -0.39 is 0 Å². The van der Waals surface area contributed by atoms with E-state index in [2.05, 4.69) is 31.7 Å². The smallest absolute Gasteiger partial charge is 0.146 e. The minimum atomic E-state index is 0.781. The number of nitrogens with zero attached hydrogens (tertiary/aromatic N) is 3. The highest BCUT2D eigenvalue weighted by atomic mass is 32.2. The first-order chi connectivity index (χ1) is 9.90. The lowest BCUT2D eigenvalue weighted by Crippen LogP contribution is -2.48. The zero-order valence-corrected chi connectivity index (χ0v) is 12.9. The van der Waals surface area contributed by atoms with Crippen molar-refractivity contribution in [2.75, 3.05) is 23.7 Å². The lowest BCUT2D eigenvalue weighted by molar-refractivity contribution is 0.402. The number of aryl methyl sites for hydroxylation is 1. The predicted octanol–water partition coefficient (Wildman–Crippen LogP) is 3.26. The maximum Gasteiger partial charge on any atom is 0.146 e. The summed E-state index contributed by atoms with van der Waals surface area (Å²) in [7, 11) is 0. The first-order valence-corrected chi connectivity index (χ1v) is 9.05. The van der Waals surface area contributed by atoms with Gasteiger partial charge in [0.1, 0.15) is 12.1 Å². The van der Waals surface area contributed by atoms with E-state index in [-0.39, 0.29) is 0 Å². The van der Waals surface area contributed by atoms with Crippen molar-refractivity contribution < 1.29 is 0 Å². The fourth-order valence-corrected chi connectivity index (χ4v) is 4.79. The summed E-state index contributed by atoms with van der Waals surface area (Å²) in [6.45, 7) is 2.28. The minimum absolute atomic E-state index is 0.781. The van der Waals surface area contributed by atoms with E-state index in [1.807, 2.05) is 11.8 Å². The average Bonchev–Trinajstić information content (AvgIpc) is 2.95. The Hall–Kier alpha value is -1.07. The van der Waals surface area contributed by atoms with Crippen LogP contribution in [0.4, 0.5) is 5.82 Å². The highest BCUT2D eigenvalue weighted by molar-refractivity contribution is 7.99. The van der Waals surface area contributed by atoms with Crippen molar-refractivity contribution in [3.63, 3.8) is 0 Å². The van der Waals surface area contributed by atoms with Crippen LogP contribution in [0.5, 0.6) is 0 Å². The average molecular weight is 303 g/mol. The number of hydrogen-bond donors (Lipinski definition) is 0. The summed E-state index contributed by atoms with van der Waals surface area (Å²) < 4.78 is 0. The molecule has 3 nitrogen and oxygen atoms in total. The van der Waals surface area contributed by atoms with Crippen molar-refractivity contribution in [2.24, 2.45) is 5.92 Å². The number of thiophene rings is 1. The number of aromatic nitrogens is 2. The molecule has 0 amide bonds. The second kappa shape index (κ2) is 5.37. The third kappa shape index (κ3) is 2.33. The lowest BCUT2D eigenvalue weighted by Gasteiger charge is -2.41. The summed E-state index contributed by atoms with van der Waals surface area (Å²) in [5.41, 5.74) is 2.74. The van der Waals surface area contributed by atoms with Gasteiger partial charge in [0, 0.05) is 13.1 Å². The monoisotopic (exact) mass is 303 g/mol. The van der Waals surface area contributed by atoms with Gasteiger partial charge in [-0.3, -0.25) is 0 Å². The van der Waals surface area contributed by atoms with Gasteiger partial charge in [0.05, 0.1) is 10.6 Å². The lowest BCUT2D eigenvalue weighted by atomic mass is 9.93. The summed E-state index contributed by atoms with van der Waals surface area (Å²) in [6, 6.07) is 2.25. The molecule has 1 fully saturated rings. The Labute approximate surface area is 127 Å². The Morgan fingerprint density at radius 1 is 1.30 bits per heavy atom. The Morgan fingerprint density at radius 2 is 2.25 bits per heavy atom. The number of thioether (sulfide) groups is 1. The molecule has 0 spiro atoms. The minimum Gasteiger partial charge on any atom is -0.355 e. The van der Waals surface area contributed by atoms with E-state index in [1.54, 1.807) is 17.7 Å². The SMILES string of the molecule is c1nc2c(c(N3CC(Cc4ccsc4)C3)n1)SCCC2. The standard InChI is InChI=1S/C15H17N3S2/c1-2-13-14(20-4-1)15(17-10-16-13)18-7-12(8-18)6-11-3-5-19-9-11/h3,5,9-10,12H,1-2,4,6-8H2. The summed E-state index contributed by atoms with van der Waals surface area (Å²) in [6.07, 6.45) is 5.31. The molecule has 104 valence electrons. The molecule has 2 aliphatic rings. The first kappa shape index (κ1) is 12.7. The van der Waals surface area contributed by atoms with E-state index in [1.165, 1.54) is 40.6 Å². The normalized spacial score (nSPS) is 18.7. The molecule has 0 aromatic carbocycles. The van der Waals surface area contributed by atoms with Crippen molar-refractivity contribution >= 4 is 28.9 Å². The van der Waals surface area contributed by atoms with Crippen LogP contribution in [-0.2, 0) is 12.8 Å². The topological polar surface area (TPSA) is 29.0 Å². The van der Waals surface area contributed by atoms with Crippen LogP contribution >= 0.6 is 23.1 Å². The van der Waals surface area contributed by atoms with E-state index in [0.717, 1.165) is 25.4 Å². The van der Waals surface area contributed by atoms with Crippen LogP contribution in [0.3, 0.4) is 0 Å². The van der Waals surface area contributed by atoms with Crippen molar-refractivity contribution in [3.8, 4) is 0 Å². The second-order valence-electron chi connectivity index (χ2n) is 5.53. The molecule has 0 aliphatic carbocycles. The molecule has 4 rings (SSSR count). The van der Waals surface area contributed by atoms with Gasteiger partial charge in [-0.05, 0) is 53.3 Å². The largest absolute Gasteiger partial charge is 0.355 e. The number of fused-ring (bicyclic) bond motifs is 1. The zero-order valence-electron chi connectivity index (χ0n) is 11.3. The highest BCUT2D eigenvalue weighted by Gasteiger charge is 2.31. The van der Waals surface area contributed by atoms with Gasteiger partial charge in [0.25, 0.3) is 0 Å². The van der Waals surface area contributed by atoms with Gasteiger partial charge >= 0.3 is 0 Å². The van der Waals surface area contributed by atoms with Crippen molar-refractivity contribution in [3.05, 3.63) is 34.4 Å². The fourth-order valence-electron chi connectivity index (χ4n) is 2.98. The summed E-state index contributed by atoms with van der Waals surface area (Å²) in [5, 5.41) is 4.44. The molecular formula is C15H17N3S2. The summed E-state index contributed by atoms with van der Waals surface area (Å²) in [5.74, 6) is 3.17. The molecule has 4 heterocycles. The quantitative estimate of drug-likeness (QED) is 0.870. The van der Waals surface area contributed by atoms with E-state index in [0.29, 0.717) is 0 Å².